The molecule has 0 aromatic heterocycles. The lowest BCUT2D eigenvalue weighted by Gasteiger charge is -2.46. The zero-order valence-electron chi connectivity index (χ0n) is 34.1. The molecule has 1 saturated carbocycles. The number of hydrogen-bond acceptors (Lipinski definition) is 12. The summed E-state index contributed by atoms with van der Waals surface area (Å²) in [6.07, 6.45) is -11.1. The maximum absolute atomic E-state index is 15.1. The van der Waals surface area contributed by atoms with Crippen molar-refractivity contribution in [3.05, 3.63) is 38.0 Å². The lowest BCUT2D eigenvalue weighted by atomic mass is 9.62. The first-order valence-corrected chi connectivity index (χ1v) is 17.8. The minimum atomic E-state index is -5.96. The molecule has 23 heteroatoms. The molecule has 2 amide bonds. The van der Waals surface area contributed by atoms with Gasteiger partial charge in [0.2, 0.25) is 0 Å². The number of ether oxygens (including phenoxy) is 7. The minimum Gasteiger partial charge on any atom is -0.462 e. The summed E-state index contributed by atoms with van der Waals surface area (Å²) in [4.78, 5) is 61.2. The number of halogens is 9. The average Bonchev–Trinajstić information content (AvgIpc) is 3.09. The van der Waals surface area contributed by atoms with Crippen LogP contribution in [0, 0.1) is 16.2 Å². The van der Waals surface area contributed by atoms with Crippen LogP contribution in [0.4, 0.5) is 49.1 Å². The smallest absolute Gasteiger partial charge is 0.462 e. The lowest BCUT2D eigenvalue weighted by Crippen LogP contribution is -2.63. The molecular formula is C37H51F9N2O12. The predicted octanol–water partition coefficient (Wildman–Crippen LogP) is 7.17. The summed E-state index contributed by atoms with van der Waals surface area (Å²) >= 11 is 0. The van der Waals surface area contributed by atoms with Crippen molar-refractivity contribution in [2.45, 2.75) is 109 Å². The predicted molar refractivity (Wildman–Crippen MR) is 190 cm³/mol. The summed E-state index contributed by atoms with van der Waals surface area (Å²) in [5.74, 6) is -13.2. The number of esters is 3. The number of alkyl halides is 9. The molecule has 0 aromatic carbocycles. The lowest BCUT2D eigenvalue weighted by molar-refractivity contribution is -0.458. The van der Waals surface area contributed by atoms with Gasteiger partial charge in [-0.05, 0) is 57.8 Å². The van der Waals surface area contributed by atoms with Gasteiger partial charge in [0, 0.05) is 30.8 Å². The molecule has 1 rings (SSSR count). The molecule has 0 saturated heterocycles. The number of nitrogens with one attached hydrogen (secondary N) is 2. The van der Waals surface area contributed by atoms with Crippen molar-refractivity contribution in [1.82, 2.24) is 10.6 Å². The molecular weight excluding hydrogens is 835 g/mol. The number of carbonyl (C=O) groups excluding carboxylic acids is 5. The van der Waals surface area contributed by atoms with Gasteiger partial charge < -0.3 is 39.1 Å². The van der Waals surface area contributed by atoms with E-state index in [1.54, 1.807) is 20.8 Å². The first-order chi connectivity index (χ1) is 27.0. The molecule has 0 aromatic rings. The van der Waals surface area contributed by atoms with Crippen LogP contribution in [0.5, 0.6) is 0 Å². The minimum absolute atomic E-state index is 0.0461. The molecule has 2 unspecified atom stereocenters. The second kappa shape index (κ2) is 19.9. The summed E-state index contributed by atoms with van der Waals surface area (Å²) in [6.45, 7) is 11.0. The van der Waals surface area contributed by atoms with Crippen LogP contribution < -0.4 is 10.6 Å². The number of alkyl carbamates (subject to hydrolysis) is 2. The van der Waals surface area contributed by atoms with Crippen molar-refractivity contribution in [1.29, 1.82) is 0 Å². The van der Waals surface area contributed by atoms with E-state index in [0.29, 0.717) is 6.42 Å². The van der Waals surface area contributed by atoms with Crippen LogP contribution in [-0.2, 0) is 47.5 Å². The van der Waals surface area contributed by atoms with Crippen molar-refractivity contribution in [2.75, 3.05) is 39.6 Å². The topological polar surface area (TPSA) is 174 Å². The van der Waals surface area contributed by atoms with Gasteiger partial charge in [-0.3, -0.25) is 4.74 Å². The van der Waals surface area contributed by atoms with E-state index in [1.165, 1.54) is 0 Å². The van der Waals surface area contributed by atoms with Gasteiger partial charge in [-0.15, -0.1) is 13.2 Å². The summed E-state index contributed by atoms with van der Waals surface area (Å²) in [5, 5.41) is 4.92. The van der Waals surface area contributed by atoms with Crippen LogP contribution in [0.3, 0.4) is 0 Å². The first-order valence-electron chi connectivity index (χ1n) is 17.8. The molecule has 0 aliphatic heterocycles. The molecule has 0 heterocycles. The van der Waals surface area contributed by atoms with Crippen LogP contribution in [0.1, 0.15) is 67.7 Å². The van der Waals surface area contributed by atoms with Crippen molar-refractivity contribution in [3.63, 3.8) is 0 Å². The maximum Gasteiger partial charge on any atom is 0.523 e. The van der Waals surface area contributed by atoms with E-state index in [1.807, 2.05) is 0 Å². The Morgan fingerprint density at radius 1 is 0.633 bits per heavy atom. The third kappa shape index (κ3) is 15.8. The number of carbonyl (C=O) groups is 5. The second-order valence-corrected chi connectivity index (χ2v) is 16.3. The van der Waals surface area contributed by atoms with E-state index in [0.717, 1.165) is 18.2 Å². The molecule has 0 bridgehead atoms. The summed E-state index contributed by atoms with van der Waals surface area (Å²) in [6, 6.07) is -0.813. The zero-order chi connectivity index (χ0) is 46.8. The number of amides is 2. The Labute approximate surface area is 340 Å². The van der Waals surface area contributed by atoms with Crippen molar-refractivity contribution < 1.29 is 96.6 Å². The Kier molecular flexibility index (Phi) is 17.7. The highest BCUT2D eigenvalue weighted by molar-refractivity contribution is 5.82. The molecule has 1 aliphatic carbocycles. The molecule has 344 valence electrons. The van der Waals surface area contributed by atoms with Crippen molar-refractivity contribution >= 4 is 30.1 Å². The van der Waals surface area contributed by atoms with Gasteiger partial charge in [0.05, 0.1) is 0 Å². The Morgan fingerprint density at radius 3 is 1.50 bits per heavy atom. The van der Waals surface area contributed by atoms with Gasteiger partial charge >= 0.3 is 54.4 Å². The highest BCUT2D eigenvalue weighted by atomic mass is 19.4. The summed E-state index contributed by atoms with van der Waals surface area (Å²) < 4.78 is 159. The molecule has 0 radical (unpaired) electrons. The van der Waals surface area contributed by atoms with Gasteiger partial charge in [0.1, 0.15) is 43.0 Å². The van der Waals surface area contributed by atoms with Crippen LogP contribution in [-0.4, -0.2) is 111 Å². The second-order valence-electron chi connectivity index (χ2n) is 16.3. The normalized spacial score (nSPS) is 18.9. The zero-order valence-corrected chi connectivity index (χ0v) is 34.1. The van der Waals surface area contributed by atoms with Crippen LogP contribution in [0.15, 0.2) is 38.0 Å². The highest BCUT2D eigenvalue weighted by Crippen LogP contribution is 2.50. The molecule has 2 N–H and O–H groups in total. The van der Waals surface area contributed by atoms with E-state index in [-0.39, 0.29) is 47.1 Å². The van der Waals surface area contributed by atoms with Gasteiger partial charge in [0.25, 0.3) is 0 Å². The molecule has 2 atom stereocenters. The Hall–Kier alpha value is -4.54. The quantitative estimate of drug-likeness (QED) is 0.0487. The van der Waals surface area contributed by atoms with Crippen LogP contribution in [0.25, 0.3) is 0 Å². The first kappa shape index (κ1) is 53.5. The fourth-order valence-electron chi connectivity index (χ4n) is 6.23. The third-order valence-electron chi connectivity index (χ3n) is 9.14. The molecule has 14 nitrogen and oxygen atoms in total. The summed E-state index contributed by atoms with van der Waals surface area (Å²) in [7, 11) is 0. The largest absolute Gasteiger partial charge is 0.523 e. The van der Waals surface area contributed by atoms with E-state index in [9.17, 15) is 54.7 Å². The van der Waals surface area contributed by atoms with Gasteiger partial charge in [-0.2, -0.15) is 26.3 Å². The van der Waals surface area contributed by atoms with E-state index in [4.69, 9.17) is 18.9 Å². The molecule has 0 spiro atoms. The number of hydrogen-bond donors (Lipinski definition) is 2. The fourth-order valence-corrected chi connectivity index (χ4v) is 6.23. The van der Waals surface area contributed by atoms with Crippen LogP contribution in [0.2, 0.25) is 0 Å². The van der Waals surface area contributed by atoms with Crippen molar-refractivity contribution in [2.24, 2.45) is 16.2 Å². The standard InChI is InChI=1S/C37H51F9N2O12/c1-11-24(49)54-18-33(19-55-25(50)12-2,20-56-26(51)13-3)21-57-27(52)47-17-32(10)15-23(14-29(4,5)16-32)48-28(53)58-22-34(38,39)30(6,7)59-36(42,43)35(40,41)31(8,9)60-37(44,45)46/h11-13,23H,1-3,14-22H2,4-10H3,(H,47,52)(H,48,53). The average molecular weight is 887 g/mol. The number of rotatable bonds is 22. The molecule has 1 fully saturated rings. The van der Waals surface area contributed by atoms with E-state index >= 15 is 8.78 Å². The van der Waals surface area contributed by atoms with Gasteiger partial charge in [-0.1, -0.05) is 40.5 Å². The third-order valence-corrected chi connectivity index (χ3v) is 9.14. The maximum atomic E-state index is 15.1. The van der Waals surface area contributed by atoms with E-state index in [2.05, 4.69) is 44.6 Å². The highest BCUT2D eigenvalue weighted by Gasteiger charge is 2.72. The van der Waals surface area contributed by atoms with Crippen molar-refractivity contribution in [3.8, 4) is 0 Å². The Balaban J connectivity index is 3.05. The van der Waals surface area contributed by atoms with Crippen LogP contribution >= 0.6 is 0 Å². The molecule has 1 aliphatic rings. The molecule has 60 heavy (non-hydrogen) atoms. The van der Waals surface area contributed by atoms with E-state index < -0.39 is 121 Å². The summed E-state index contributed by atoms with van der Waals surface area (Å²) in [5.41, 5.74) is -10.6. The SMILES string of the molecule is C=CC(=O)OCC(COC(=O)C=C)(COC(=O)C=C)COC(=O)NCC1(C)CC(NC(=O)OCC(F)(F)C(C)(C)OC(F)(F)C(F)(F)C(C)(C)OC(F)(F)F)CC(C)(C)C1. The Bertz CT molecular complexity index is 1520. The fraction of sp³-hybridized carbons (Fsp3) is 0.703. The van der Waals surface area contributed by atoms with Gasteiger partial charge in [-0.25, -0.2) is 24.0 Å². The monoisotopic (exact) mass is 886 g/mol. The van der Waals surface area contributed by atoms with Gasteiger partial charge in [0.15, 0.2) is 6.61 Å². The Morgan fingerprint density at radius 2 is 1.07 bits per heavy atom.